The van der Waals surface area contributed by atoms with Gasteiger partial charge in [-0.05, 0) is 24.3 Å². The van der Waals surface area contributed by atoms with Crippen LogP contribution in [-0.4, -0.2) is 27.4 Å². The Balaban J connectivity index is 1.82. The van der Waals surface area contributed by atoms with Gasteiger partial charge in [0, 0.05) is 18.3 Å². The van der Waals surface area contributed by atoms with Gasteiger partial charge in [-0.25, -0.2) is 0 Å². The van der Waals surface area contributed by atoms with Crippen molar-refractivity contribution in [2.45, 2.75) is 0 Å². The molecule has 4 nitrogen and oxygen atoms in total. The van der Waals surface area contributed by atoms with E-state index in [1.54, 1.807) is 14.2 Å². The predicted molar refractivity (Wildman–Crippen MR) is 80.0 cm³/mol. The lowest BCUT2D eigenvalue weighted by atomic mass is 10.2. The second-order valence-electron chi connectivity index (χ2n) is 4.16. The Morgan fingerprint density at radius 3 is 2.35 bits per heavy atom. The Bertz CT molecular complexity index is 529. The highest BCUT2D eigenvalue weighted by molar-refractivity contribution is 5.54. The first kappa shape index (κ1) is 14.1. The molecule has 1 N–H and O–H groups in total. The van der Waals surface area contributed by atoms with Crippen molar-refractivity contribution >= 4 is 5.69 Å². The topological polar surface area (TPSA) is 39.7 Å². The molecule has 0 saturated carbocycles. The number of nitrogens with one attached hydrogen (secondary N) is 1. The van der Waals surface area contributed by atoms with Crippen molar-refractivity contribution in [3.63, 3.8) is 0 Å². The molecular weight excluding hydrogens is 254 g/mol. The lowest BCUT2D eigenvalue weighted by Gasteiger charge is -2.11. The van der Waals surface area contributed by atoms with Crippen molar-refractivity contribution in [2.75, 3.05) is 32.7 Å². The number of ether oxygens (including phenoxy) is 3. The Kier molecular flexibility index (Phi) is 5.12. The zero-order chi connectivity index (χ0) is 14.2. The van der Waals surface area contributed by atoms with Gasteiger partial charge in [-0.1, -0.05) is 18.2 Å². The fourth-order valence-electron chi connectivity index (χ4n) is 1.83. The number of rotatable bonds is 7. The van der Waals surface area contributed by atoms with Gasteiger partial charge in [0.2, 0.25) is 0 Å². The Morgan fingerprint density at radius 2 is 1.65 bits per heavy atom. The first-order valence-corrected chi connectivity index (χ1v) is 6.47. The highest BCUT2D eigenvalue weighted by Crippen LogP contribution is 2.29. The second-order valence-corrected chi connectivity index (χ2v) is 4.16. The molecule has 4 heteroatoms. The molecule has 0 aliphatic rings. The van der Waals surface area contributed by atoms with Crippen molar-refractivity contribution in [2.24, 2.45) is 0 Å². The molecule has 0 saturated heterocycles. The lowest BCUT2D eigenvalue weighted by molar-refractivity contribution is 0.332. The van der Waals surface area contributed by atoms with Crippen molar-refractivity contribution in [1.29, 1.82) is 0 Å². The molecule has 0 unspecified atom stereocenters. The summed E-state index contributed by atoms with van der Waals surface area (Å²) in [5.41, 5.74) is 0.972. The van der Waals surface area contributed by atoms with Gasteiger partial charge < -0.3 is 19.5 Å². The molecule has 0 aromatic heterocycles. The molecule has 0 radical (unpaired) electrons. The van der Waals surface area contributed by atoms with Crippen LogP contribution in [0.25, 0.3) is 0 Å². The summed E-state index contributed by atoms with van der Waals surface area (Å²) in [4.78, 5) is 0. The number of para-hydroxylation sites is 1. The summed E-state index contributed by atoms with van der Waals surface area (Å²) in [6.07, 6.45) is 0. The van der Waals surface area contributed by atoms with E-state index >= 15 is 0 Å². The molecule has 0 heterocycles. The number of hydrogen-bond donors (Lipinski definition) is 1. The molecule has 2 aromatic rings. The van der Waals surface area contributed by atoms with E-state index in [0.29, 0.717) is 18.9 Å². The molecule has 2 rings (SSSR count). The maximum Gasteiger partial charge on any atom is 0.162 e. The lowest BCUT2D eigenvalue weighted by Crippen LogP contribution is -2.11. The second kappa shape index (κ2) is 7.28. The average molecular weight is 273 g/mol. The smallest absolute Gasteiger partial charge is 0.162 e. The summed E-state index contributed by atoms with van der Waals surface area (Å²) >= 11 is 0. The monoisotopic (exact) mass is 273 g/mol. The van der Waals surface area contributed by atoms with Gasteiger partial charge in [0.25, 0.3) is 0 Å². The van der Waals surface area contributed by atoms with Crippen LogP contribution in [0.1, 0.15) is 0 Å². The SMILES string of the molecule is COc1ccc(NCCOc2ccccc2)cc1OC. The van der Waals surface area contributed by atoms with Crippen LogP contribution in [0.2, 0.25) is 0 Å². The van der Waals surface area contributed by atoms with Crippen molar-refractivity contribution in [3.8, 4) is 17.2 Å². The minimum Gasteiger partial charge on any atom is -0.493 e. The maximum absolute atomic E-state index is 5.61. The molecule has 0 amide bonds. The Morgan fingerprint density at radius 1 is 0.900 bits per heavy atom. The molecule has 20 heavy (non-hydrogen) atoms. The van der Waals surface area contributed by atoms with E-state index in [4.69, 9.17) is 14.2 Å². The molecule has 2 aromatic carbocycles. The van der Waals surface area contributed by atoms with Gasteiger partial charge >= 0.3 is 0 Å². The highest BCUT2D eigenvalue weighted by Gasteiger charge is 2.03. The van der Waals surface area contributed by atoms with E-state index in [-0.39, 0.29) is 0 Å². The summed E-state index contributed by atoms with van der Waals surface area (Å²) in [7, 11) is 3.25. The van der Waals surface area contributed by atoms with Gasteiger partial charge in [0.05, 0.1) is 14.2 Å². The van der Waals surface area contributed by atoms with Crippen LogP contribution in [0.4, 0.5) is 5.69 Å². The standard InChI is InChI=1S/C16H19NO3/c1-18-15-9-8-13(12-16(15)19-2)17-10-11-20-14-6-4-3-5-7-14/h3-9,12,17H,10-11H2,1-2H3. The average Bonchev–Trinajstić information content (AvgIpc) is 2.52. The third-order valence-electron chi connectivity index (χ3n) is 2.83. The number of methoxy groups -OCH3 is 2. The zero-order valence-corrected chi connectivity index (χ0v) is 11.8. The van der Waals surface area contributed by atoms with E-state index in [0.717, 1.165) is 17.2 Å². The molecule has 0 fully saturated rings. The van der Waals surface area contributed by atoms with Crippen molar-refractivity contribution in [3.05, 3.63) is 48.5 Å². The maximum atomic E-state index is 5.61. The van der Waals surface area contributed by atoms with E-state index in [9.17, 15) is 0 Å². The number of benzene rings is 2. The molecule has 106 valence electrons. The van der Waals surface area contributed by atoms with Crippen LogP contribution in [0, 0.1) is 0 Å². The van der Waals surface area contributed by atoms with Crippen molar-refractivity contribution in [1.82, 2.24) is 0 Å². The van der Waals surface area contributed by atoms with Gasteiger partial charge in [-0.3, -0.25) is 0 Å². The Hall–Kier alpha value is -2.36. The number of hydrogen-bond acceptors (Lipinski definition) is 4. The van der Waals surface area contributed by atoms with Crippen LogP contribution in [0.3, 0.4) is 0 Å². The molecule has 0 spiro atoms. The molecular formula is C16H19NO3. The van der Waals surface area contributed by atoms with Crippen molar-refractivity contribution < 1.29 is 14.2 Å². The first-order valence-electron chi connectivity index (χ1n) is 6.47. The molecule has 0 aliphatic heterocycles. The fourth-order valence-corrected chi connectivity index (χ4v) is 1.83. The van der Waals surface area contributed by atoms with Crippen LogP contribution >= 0.6 is 0 Å². The normalized spacial score (nSPS) is 9.90. The van der Waals surface area contributed by atoms with Crippen LogP contribution in [0.15, 0.2) is 48.5 Å². The summed E-state index contributed by atoms with van der Waals surface area (Å²) in [6.45, 7) is 1.31. The van der Waals surface area contributed by atoms with E-state index < -0.39 is 0 Å². The van der Waals surface area contributed by atoms with E-state index in [1.165, 1.54) is 0 Å². The minimum absolute atomic E-state index is 0.596. The van der Waals surface area contributed by atoms with Crippen LogP contribution in [-0.2, 0) is 0 Å². The van der Waals surface area contributed by atoms with Gasteiger partial charge in [0.1, 0.15) is 12.4 Å². The molecule has 0 bridgehead atoms. The summed E-state index contributed by atoms with van der Waals surface area (Å²) < 4.78 is 16.1. The zero-order valence-electron chi connectivity index (χ0n) is 11.8. The summed E-state index contributed by atoms with van der Waals surface area (Å²) in [5.74, 6) is 2.31. The summed E-state index contributed by atoms with van der Waals surface area (Å²) in [5, 5.41) is 3.28. The van der Waals surface area contributed by atoms with Gasteiger partial charge in [0.15, 0.2) is 11.5 Å². The van der Waals surface area contributed by atoms with Gasteiger partial charge in [-0.15, -0.1) is 0 Å². The summed E-state index contributed by atoms with van der Waals surface area (Å²) in [6, 6.07) is 15.5. The largest absolute Gasteiger partial charge is 0.493 e. The molecule has 0 aliphatic carbocycles. The third kappa shape index (κ3) is 3.82. The molecule has 0 atom stereocenters. The predicted octanol–water partition coefficient (Wildman–Crippen LogP) is 3.19. The van der Waals surface area contributed by atoms with Crippen LogP contribution in [0.5, 0.6) is 17.2 Å². The third-order valence-corrected chi connectivity index (χ3v) is 2.83. The number of anilines is 1. The van der Waals surface area contributed by atoms with Gasteiger partial charge in [-0.2, -0.15) is 0 Å². The quantitative estimate of drug-likeness (QED) is 0.786. The first-order chi connectivity index (χ1) is 9.83. The fraction of sp³-hybridized carbons (Fsp3) is 0.250. The highest BCUT2D eigenvalue weighted by atomic mass is 16.5. The minimum atomic E-state index is 0.596. The van der Waals surface area contributed by atoms with E-state index in [2.05, 4.69) is 5.32 Å². The van der Waals surface area contributed by atoms with Crippen LogP contribution < -0.4 is 19.5 Å². The Labute approximate surface area is 119 Å². The van der Waals surface area contributed by atoms with E-state index in [1.807, 2.05) is 48.5 Å².